The minimum Gasteiger partial charge on any atom is -0.443 e. The number of nitrogens with zero attached hydrogens (tertiary/aromatic N) is 1. The van der Waals surface area contributed by atoms with Gasteiger partial charge in [0.15, 0.2) is 0 Å². The second kappa shape index (κ2) is 9.52. The molecule has 3 aromatic rings. The van der Waals surface area contributed by atoms with E-state index in [0.717, 1.165) is 11.1 Å². The Hall–Kier alpha value is -2.85. The molecule has 2 aromatic heterocycles. The van der Waals surface area contributed by atoms with E-state index in [0.29, 0.717) is 21.8 Å². The lowest BCUT2D eigenvalue weighted by Gasteiger charge is -2.20. The molecule has 0 saturated heterocycles. The summed E-state index contributed by atoms with van der Waals surface area (Å²) in [6.45, 7) is 6.89. The second-order valence-corrected chi connectivity index (χ2v) is 9.96. The summed E-state index contributed by atoms with van der Waals surface area (Å²) in [6.07, 6.45) is -0.735. The molecule has 31 heavy (non-hydrogen) atoms. The first kappa shape index (κ1) is 22.8. The van der Waals surface area contributed by atoms with Crippen molar-refractivity contribution >= 4 is 45.3 Å². The van der Waals surface area contributed by atoms with Crippen molar-refractivity contribution in [1.82, 2.24) is 20.8 Å². The van der Waals surface area contributed by atoms with Crippen molar-refractivity contribution in [1.29, 1.82) is 0 Å². The lowest BCUT2D eigenvalue weighted by Crippen LogP contribution is -2.46. The predicted molar refractivity (Wildman–Crippen MR) is 124 cm³/mol. The molecule has 0 aliphatic rings. The van der Waals surface area contributed by atoms with Gasteiger partial charge in [-0.3, -0.25) is 15.0 Å². The summed E-state index contributed by atoms with van der Waals surface area (Å²) in [5.41, 5.74) is 5.51. The third kappa shape index (κ3) is 6.08. The third-order valence-corrected chi connectivity index (χ3v) is 6.13. The van der Waals surface area contributed by atoms with E-state index in [-0.39, 0.29) is 11.5 Å². The molecule has 2 heterocycles. The highest BCUT2D eigenvalue weighted by atomic mass is 32.2. The molecule has 0 aliphatic carbocycles. The molecular formula is C21H24N4O4S2. The van der Waals surface area contributed by atoms with Gasteiger partial charge in [-0.1, -0.05) is 30.3 Å². The van der Waals surface area contributed by atoms with E-state index < -0.39 is 16.9 Å². The Morgan fingerprint density at radius 2 is 1.94 bits per heavy atom. The monoisotopic (exact) mass is 460 g/mol. The van der Waals surface area contributed by atoms with Crippen LogP contribution in [0.3, 0.4) is 0 Å². The number of hydrogen-bond donors (Lipinski definition) is 3. The maximum Gasteiger partial charge on any atom is 0.426 e. The number of carbonyl (C=O) groups excluding carboxylic acids is 2. The van der Waals surface area contributed by atoms with Crippen LogP contribution in [0, 0.1) is 0 Å². The van der Waals surface area contributed by atoms with Gasteiger partial charge in [0, 0.05) is 10.9 Å². The lowest BCUT2D eigenvalue weighted by molar-refractivity contribution is -0.121. The van der Waals surface area contributed by atoms with E-state index in [2.05, 4.69) is 20.8 Å². The van der Waals surface area contributed by atoms with Crippen molar-refractivity contribution in [2.75, 3.05) is 0 Å². The number of aromatic nitrogens is 2. The van der Waals surface area contributed by atoms with Crippen molar-refractivity contribution in [3.05, 3.63) is 51.9 Å². The maximum absolute atomic E-state index is 12.7. The number of fused-ring (bicyclic) bond motifs is 1. The summed E-state index contributed by atoms with van der Waals surface area (Å²) >= 11 is 2.70. The largest absolute Gasteiger partial charge is 0.443 e. The van der Waals surface area contributed by atoms with Gasteiger partial charge in [-0.15, -0.1) is 23.1 Å². The van der Waals surface area contributed by atoms with E-state index in [1.54, 1.807) is 27.7 Å². The summed E-state index contributed by atoms with van der Waals surface area (Å²) in [7, 11) is 0. The smallest absolute Gasteiger partial charge is 0.426 e. The van der Waals surface area contributed by atoms with Crippen LogP contribution in [0.4, 0.5) is 4.79 Å². The van der Waals surface area contributed by atoms with Gasteiger partial charge in [0.1, 0.15) is 16.3 Å². The van der Waals surface area contributed by atoms with Gasteiger partial charge < -0.3 is 9.72 Å². The van der Waals surface area contributed by atoms with Gasteiger partial charge in [-0.2, -0.15) is 0 Å². The lowest BCUT2D eigenvalue weighted by atomic mass is 10.1. The third-order valence-electron chi connectivity index (χ3n) is 4.10. The first-order valence-corrected chi connectivity index (χ1v) is 11.5. The summed E-state index contributed by atoms with van der Waals surface area (Å²) < 4.78 is 5.06. The number of thiophene rings is 1. The Labute approximate surface area is 187 Å². The zero-order valence-electron chi connectivity index (χ0n) is 17.6. The fourth-order valence-electron chi connectivity index (χ4n) is 2.69. The summed E-state index contributed by atoms with van der Waals surface area (Å²) in [6, 6.07) is 9.69. The van der Waals surface area contributed by atoms with Crippen molar-refractivity contribution in [2.24, 2.45) is 0 Å². The number of nitrogens with one attached hydrogen (secondary N) is 3. The fourth-order valence-corrected chi connectivity index (χ4v) is 4.41. The number of hydrazine groups is 1. The number of hydrogen-bond acceptors (Lipinski definition) is 7. The molecule has 1 aromatic carbocycles. The highest BCUT2D eigenvalue weighted by Crippen LogP contribution is 2.30. The molecule has 0 fully saturated rings. The minimum atomic E-state index is -0.735. The topological polar surface area (TPSA) is 113 Å². The van der Waals surface area contributed by atoms with Crippen LogP contribution in [0.2, 0.25) is 0 Å². The number of thioether (sulfide) groups is 1. The van der Waals surface area contributed by atoms with Gasteiger partial charge in [-0.25, -0.2) is 15.2 Å². The van der Waals surface area contributed by atoms with E-state index in [1.165, 1.54) is 23.1 Å². The van der Waals surface area contributed by atoms with Crippen LogP contribution >= 0.6 is 23.1 Å². The highest BCUT2D eigenvalue weighted by molar-refractivity contribution is 7.99. The Kier molecular flexibility index (Phi) is 7.01. The average molecular weight is 461 g/mol. The van der Waals surface area contributed by atoms with Crippen molar-refractivity contribution < 1.29 is 14.3 Å². The zero-order valence-corrected chi connectivity index (χ0v) is 19.3. The molecule has 0 aliphatic heterocycles. The quantitative estimate of drug-likeness (QED) is 0.499. The highest BCUT2D eigenvalue weighted by Gasteiger charge is 2.19. The van der Waals surface area contributed by atoms with Crippen molar-refractivity contribution in [3.63, 3.8) is 0 Å². The molecule has 164 valence electrons. The first-order chi connectivity index (χ1) is 14.6. The van der Waals surface area contributed by atoms with E-state index in [1.807, 2.05) is 35.7 Å². The van der Waals surface area contributed by atoms with Crippen LogP contribution in [0.5, 0.6) is 0 Å². The number of amides is 2. The van der Waals surface area contributed by atoms with Gasteiger partial charge >= 0.3 is 6.09 Å². The molecular weight excluding hydrogens is 436 g/mol. The number of benzene rings is 1. The van der Waals surface area contributed by atoms with Crippen molar-refractivity contribution in [2.45, 2.75) is 44.3 Å². The van der Waals surface area contributed by atoms with Crippen LogP contribution in [0.15, 0.2) is 40.5 Å². The van der Waals surface area contributed by atoms with Crippen LogP contribution < -0.4 is 16.4 Å². The Morgan fingerprint density at radius 3 is 2.61 bits per heavy atom. The molecule has 0 spiro atoms. The summed E-state index contributed by atoms with van der Waals surface area (Å²) in [5.74, 6) is 0.440. The average Bonchev–Trinajstić information content (AvgIpc) is 3.14. The summed E-state index contributed by atoms with van der Waals surface area (Å²) in [5, 5.41) is 2.01. The van der Waals surface area contributed by atoms with Crippen LogP contribution in [-0.4, -0.2) is 32.8 Å². The molecule has 0 saturated carbocycles. The van der Waals surface area contributed by atoms with Gasteiger partial charge in [-0.05, 0) is 33.3 Å². The number of H-pyrrole nitrogens is 1. The molecule has 2 amide bonds. The second-order valence-electron chi connectivity index (χ2n) is 7.78. The maximum atomic E-state index is 12.7. The molecule has 1 atom stereocenters. The first-order valence-electron chi connectivity index (χ1n) is 9.60. The molecule has 0 unspecified atom stereocenters. The predicted octanol–water partition coefficient (Wildman–Crippen LogP) is 3.83. The Morgan fingerprint density at radius 1 is 1.23 bits per heavy atom. The standard InChI is InChI=1S/C21H24N4O4S2/c1-12(17(26)24-25-20(28)29-21(2,3)4)30-11-15-22-18(27)16-14(10-31-19(16)23-15)13-8-6-5-7-9-13/h5-10,12H,11H2,1-4H3,(H,24,26)(H,25,28)(H,22,23,27)/t12-/m0/s1. The van der Waals surface area contributed by atoms with Crippen LogP contribution in [-0.2, 0) is 15.3 Å². The zero-order chi connectivity index (χ0) is 22.6. The van der Waals surface area contributed by atoms with Crippen molar-refractivity contribution in [3.8, 4) is 11.1 Å². The fraction of sp³-hybridized carbons (Fsp3) is 0.333. The number of carbonyl (C=O) groups is 2. The minimum absolute atomic E-state index is 0.204. The molecule has 3 rings (SSSR count). The van der Waals surface area contributed by atoms with Crippen LogP contribution in [0.25, 0.3) is 21.3 Å². The molecule has 0 bridgehead atoms. The normalized spacial score (nSPS) is 12.4. The number of rotatable bonds is 5. The number of ether oxygens (including phenoxy) is 1. The molecule has 8 nitrogen and oxygen atoms in total. The molecule has 10 heteroatoms. The Balaban J connectivity index is 1.61. The van der Waals surface area contributed by atoms with E-state index in [9.17, 15) is 14.4 Å². The van der Waals surface area contributed by atoms with Crippen LogP contribution in [0.1, 0.15) is 33.5 Å². The number of aromatic amines is 1. The van der Waals surface area contributed by atoms with Gasteiger partial charge in [0.05, 0.1) is 16.4 Å². The SMILES string of the molecule is C[C@H](SCc1nc2scc(-c3ccccc3)c2c(=O)[nH]1)C(=O)NNC(=O)OC(C)(C)C. The van der Waals surface area contributed by atoms with Gasteiger partial charge in [0.25, 0.3) is 11.5 Å². The van der Waals surface area contributed by atoms with E-state index in [4.69, 9.17) is 4.74 Å². The molecule has 0 radical (unpaired) electrons. The van der Waals surface area contributed by atoms with Gasteiger partial charge in [0.2, 0.25) is 0 Å². The summed E-state index contributed by atoms with van der Waals surface area (Å²) in [4.78, 5) is 44.5. The Bertz CT molecular complexity index is 1140. The van der Waals surface area contributed by atoms with E-state index >= 15 is 0 Å². The molecule has 3 N–H and O–H groups in total.